The van der Waals surface area contributed by atoms with Crippen molar-refractivity contribution in [3.8, 4) is 0 Å². The van der Waals surface area contributed by atoms with Crippen LogP contribution in [0.3, 0.4) is 0 Å². The van der Waals surface area contributed by atoms with Gasteiger partial charge in [0.05, 0.1) is 23.2 Å². The van der Waals surface area contributed by atoms with Crippen molar-refractivity contribution in [3.05, 3.63) is 41.2 Å². The number of halogens is 4. The van der Waals surface area contributed by atoms with Crippen molar-refractivity contribution in [1.82, 2.24) is 9.21 Å². The van der Waals surface area contributed by atoms with E-state index in [2.05, 4.69) is 15.2 Å². The van der Waals surface area contributed by atoms with Gasteiger partial charge in [-0.15, -0.1) is 0 Å². The standard InChI is InChI=1S/C25H29F4N5O4S/c1-14-11-33(12-15(2)32(14)3)22-9-20(26)17(16-5-6-34(13-16)39(4,37)38)7-21(22)31-24(36)18-10-30-23(35)8-19(18)25(27,28)29/h5,7-10,14-15,18H,6,11-13H2,1-4H3,(H,31,36)/t14-,15+,18?. The maximum absolute atomic E-state index is 15.5. The van der Waals surface area contributed by atoms with Crippen molar-refractivity contribution in [3.63, 3.8) is 0 Å². The van der Waals surface area contributed by atoms with Crippen LogP contribution in [0.1, 0.15) is 19.4 Å². The second-order valence-corrected chi connectivity index (χ2v) is 12.1. The fraction of sp³-hybridized carbons (Fsp3) is 0.480. The predicted octanol–water partition coefficient (Wildman–Crippen LogP) is 2.67. The van der Waals surface area contributed by atoms with E-state index in [1.54, 1.807) is 6.08 Å². The largest absolute Gasteiger partial charge is 0.414 e. The van der Waals surface area contributed by atoms with E-state index in [1.165, 1.54) is 12.1 Å². The summed E-state index contributed by atoms with van der Waals surface area (Å²) in [6, 6.07) is 2.63. The van der Waals surface area contributed by atoms with Crippen LogP contribution >= 0.6 is 0 Å². The van der Waals surface area contributed by atoms with Crippen LogP contribution in [0.5, 0.6) is 0 Å². The number of benzene rings is 1. The summed E-state index contributed by atoms with van der Waals surface area (Å²) in [5.74, 6) is -4.77. The van der Waals surface area contributed by atoms with Gasteiger partial charge in [-0.2, -0.15) is 17.5 Å². The third-order valence-corrected chi connectivity index (χ3v) is 8.54. The van der Waals surface area contributed by atoms with Crippen LogP contribution < -0.4 is 10.2 Å². The average molecular weight is 572 g/mol. The van der Waals surface area contributed by atoms with Gasteiger partial charge in [0.25, 0.3) is 5.91 Å². The number of likely N-dealkylation sites (N-methyl/N-ethyl adjacent to an activating group) is 1. The Bertz CT molecular complexity index is 1380. The monoisotopic (exact) mass is 571 g/mol. The molecule has 0 radical (unpaired) electrons. The normalized spacial score (nSPS) is 25.1. The minimum absolute atomic E-state index is 0.0227. The number of alkyl halides is 3. The molecule has 1 fully saturated rings. The molecular weight excluding hydrogens is 542 g/mol. The second-order valence-electron chi connectivity index (χ2n) is 10.1. The molecule has 1 unspecified atom stereocenters. The Morgan fingerprint density at radius 3 is 2.36 bits per heavy atom. The molecule has 4 rings (SSSR count). The number of dihydropyridines is 1. The summed E-state index contributed by atoms with van der Waals surface area (Å²) in [7, 11) is -1.59. The molecule has 0 aromatic heterocycles. The summed E-state index contributed by atoms with van der Waals surface area (Å²) in [5.41, 5.74) is -0.634. The first kappa shape index (κ1) is 28.9. The lowest BCUT2D eigenvalue weighted by molar-refractivity contribution is -0.124. The lowest BCUT2D eigenvalue weighted by Crippen LogP contribution is -2.55. The van der Waals surface area contributed by atoms with E-state index in [0.717, 1.165) is 10.6 Å². The summed E-state index contributed by atoms with van der Waals surface area (Å²) in [6.45, 7) is 4.82. The Kier molecular flexibility index (Phi) is 7.76. The Hall–Kier alpha value is -3.10. The number of carbonyl (C=O) groups excluding carboxylic acids is 2. The molecule has 0 spiro atoms. The molecule has 3 aliphatic heterocycles. The quantitative estimate of drug-likeness (QED) is 0.546. The Morgan fingerprint density at radius 2 is 1.79 bits per heavy atom. The lowest BCUT2D eigenvalue weighted by atomic mass is 9.95. The molecule has 1 N–H and O–H groups in total. The van der Waals surface area contributed by atoms with E-state index in [9.17, 15) is 31.2 Å². The Morgan fingerprint density at radius 1 is 1.15 bits per heavy atom. The number of amides is 2. The van der Waals surface area contributed by atoms with E-state index in [4.69, 9.17) is 0 Å². The summed E-state index contributed by atoms with van der Waals surface area (Å²) in [5, 5.41) is 2.50. The van der Waals surface area contributed by atoms with Crippen LogP contribution in [0.15, 0.2) is 34.9 Å². The lowest BCUT2D eigenvalue weighted by Gasteiger charge is -2.44. The molecule has 0 bridgehead atoms. The molecular formula is C25H29F4N5O4S. The number of aliphatic imine (C=N–C) groups is 1. The number of anilines is 2. The van der Waals surface area contributed by atoms with E-state index < -0.39 is 45.3 Å². The summed E-state index contributed by atoms with van der Waals surface area (Å²) in [6.07, 6.45) is -1.43. The van der Waals surface area contributed by atoms with Crippen LogP contribution in [-0.4, -0.2) is 93.4 Å². The van der Waals surface area contributed by atoms with Gasteiger partial charge in [-0.1, -0.05) is 6.08 Å². The molecule has 0 aliphatic carbocycles. The minimum atomic E-state index is -4.95. The molecule has 0 saturated carbocycles. The predicted molar refractivity (Wildman–Crippen MR) is 139 cm³/mol. The van der Waals surface area contributed by atoms with Crippen LogP contribution in [0.25, 0.3) is 5.57 Å². The van der Waals surface area contributed by atoms with Crippen molar-refractivity contribution < 1.29 is 35.6 Å². The molecule has 1 aromatic carbocycles. The highest BCUT2D eigenvalue weighted by Crippen LogP contribution is 2.38. The molecule has 2 amide bonds. The molecule has 3 atom stereocenters. The maximum atomic E-state index is 15.5. The highest BCUT2D eigenvalue weighted by molar-refractivity contribution is 7.88. The van der Waals surface area contributed by atoms with Gasteiger partial charge in [0.1, 0.15) is 11.7 Å². The van der Waals surface area contributed by atoms with Crippen molar-refractivity contribution in [2.45, 2.75) is 32.1 Å². The Labute approximate surface area is 223 Å². The number of hydrogen-bond donors (Lipinski definition) is 1. The minimum Gasteiger partial charge on any atom is -0.367 e. The summed E-state index contributed by atoms with van der Waals surface area (Å²) >= 11 is 0. The third kappa shape index (κ3) is 6.07. The zero-order valence-electron chi connectivity index (χ0n) is 21.8. The smallest absolute Gasteiger partial charge is 0.367 e. The number of carbonyl (C=O) groups is 2. The zero-order chi connectivity index (χ0) is 28.9. The van der Waals surface area contributed by atoms with E-state index in [0.29, 0.717) is 24.9 Å². The number of nitrogens with one attached hydrogen (secondary N) is 1. The van der Waals surface area contributed by atoms with Crippen LogP contribution in [-0.2, 0) is 19.6 Å². The third-order valence-electron chi connectivity index (χ3n) is 7.32. The number of piperazine rings is 1. The molecule has 14 heteroatoms. The summed E-state index contributed by atoms with van der Waals surface area (Å²) in [4.78, 5) is 32.0. The number of rotatable bonds is 5. The van der Waals surface area contributed by atoms with Crippen molar-refractivity contribution in [1.29, 1.82) is 0 Å². The maximum Gasteiger partial charge on any atom is 0.414 e. The van der Waals surface area contributed by atoms with Gasteiger partial charge >= 0.3 is 6.18 Å². The van der Waals surface area contributed by atoms with Gasteiger partial charge < -0.3 is 10.2 Å². The molecule has 212 valence electrons. The van der Waals surface area contributed by atoms with E-state index in [1.807, 2.05) is 25.8 Å². The van der Waals surface area contributed by atoms with Gasteiger partial charge in [0.2, 0.25) is 15.9 Å². The van der Waals surface area contributed by atoms with Crippen LogP contribution in [0, 0.1) is 11.7 Å². The molecule has 1 aromatic rings. The number of sulfonamides is 1. The number of nitrogens with zero attached hydrogens (tertiary/aromatic N) is 4. The highest BCUT2D eigenvalue weighted by Gasteiger charge is 2.43. The first-order chi connectivity index (χ1) is 18.1. The van der Waals surface area contributed by atoms with Gasteiger partial charge in [-0.25, -0.2) is 17.8 Å². The second kappa shape index (κ2) is 10.5. The van der Waals surface area contributed by atoms with Gasteiger partial charge in [0, 0.05) is 56.1 Å². The fourth-order valence-electron chi connectivity index (χ4n) is 4.92. The topological polar surface area (TPSA) is 102 Å². The van der Waals surface area contributed by atoms with Crippen LogP contribution in [0.2, 0.25) is 0 Å². The molecule has 3 aliphatic rings. The van der Waals surface area contributed by atoms with Gasteiger partial charge in [-0.05, 0) is 38.6 Å². The van der Waals surface area contributed by atoms with Crippen molar-refractivity contribution >= 4 is 45.0 Å². The Balaban J connectivity index is 1.74. The fourth-order valence-corrected chi connectivity index (χ4v) is 5.64. The average Bonchev–Trinajstić information content (AvgIpc) is 3.33. The molecule has 1 saturated heterocycles. The van der Waals surface area contributed by atoms with E-state index >= 15 is 4.39 Å². The van der Waals surface area contributed by atoms with Crippen molar-refractivity contribution in [2.24, 2.45) is 10.9 Å². The zero-order valence-corrected chi connectivity index (χ0v) is 22.6. The molecule has 3 heterocycles. The first-order valence-electron chi connectivity index (χ1n) is 12.2. The summed E-state index contributed by atoms with van der Waals surface area (Å²) < 4.78 is 81.5. The van der Waals surface area contributed by atoms with Crippen molar-refractivity contribution in [2.75, 3.05) is 49.7 Å². The molecule has 39 heavy (non-hydrogen) atoms. The van der Waals surface area contributed by atoms with Crippen LogP contribution in [0.4, 0.5) is 28.9 Å². The van der Waals surface area contributed by atoms with Gasteiger partial charge in [0.15, 0.2) is 0 Å². The SMILES string of the molecule is C[C@@H]1CN(c2cc(F)c(C3=CCN(S(C)(=O)=O)C3)cc2NC(=O)C2C=NC(=O)C=C2C(F)(F)F)C[C@H](C)N1C. The van der Waals surface area contributed by atoms with E-state index in [-0.39, 0.29) is 48.2 Å². The first-order valence-corrected chi connectivity index (χ1v) is 14.0. The highest BCUT2D eigenvalue weighted by atomic mass is 32.2. The van der Waals surface area contributed by atoms with Gasteiger partial charge in [-0.3, -0.25) is 14.5 Å². The number of hydrogen-bond acceptors (Lipinski definition) is 6. The molecule has 9 nitrogen and oxygen atoms in total.